The molecule has 0 spiro atoms. The zero-order valence-corrected chi connectivity index (χ0v) is 8.76. The molecule has 0 aliphatic heterocycles. The Morgan fingerprint density at radius 2 is 1.88 bits per heavy atom. The second-order valence-corrected chi connectivity index (χ2v) is 4.38. The molecule has 1 fully saturated rings. The van der Waals surface area contributed by atoms with Crippen molar-refractivity contribution in [2.45, 2.75) is 31.0 Å². The first-order valence-electron chi connectivity index (χ1n) is 5.22. The first-order chi connectivity index (χ1) is 7.50. The van der Waals surface area contributed by atoms with E-state index >= 15 is 0 Å². The molecule has 16 heavy (non-hydrogen) atoms. The van der Waals surface area contributed by atoms with Gasteiger partial charge in [0.1, 0.15) is 0 Å². The molecule has 1 saturated carbocycles. The van der Waals surface area contributed by atoms with Crippen molar-refractivity contribution in [2.24, 2.45) is 0 Å². The van der Waals surface area contributed by atoms with Crippen molar-refractivity contribution in [1.29, 1.82) is 0 Å². The molecule has 0 radical (unpaired) electrons. The number of carboxylic acid groups (broad SMARTS) is 1. The lowest BCUT2D eigenvalue weighted by Gasteiger charge is -2.09. The normalized spacial score (nSPS) is 19.1. The number of rotatable bonds is 4. The van der Waals surface area contributed by atoms with Crippen molar-refractivity contribution in [3.63, 3.8) is 0 Å². The van der Waals surface area contributed by atoms with Crippen LogP contribution in [-0.2, 0) is 11.2 Å². The van der Waals surface area contributed by atoms with E-state index in [1.54, 1.807) is 24.3 Å². The molecule has 0 amide bonds. The van der Waals surface area contributed by atoms with Gasteiger partial charge < -0.3 is 15.3 Å². The molecule has 4 nitrogen and oxygen atoms in total. The number of hydrogen-bond donors (Lipinski definition) is 3. The van der Waals surface area contributed by atoms with Crippen LogP contribution in [0.4, 0.5) is 0 Å². The van der Waals surface area contributed by atoms with E-state index < -0.39 is 17.7 Å². The predicted molar refractivity (Wildman–Crippen MR) is 56.9 cm³/mol. The standard InChI is InChI=1S/C12H14O4/c13-10(11(14)15)9-3-1-8(2-4-9)7-12(16)5-6-12/h1-4,10,13,16H,5-7H2,(H,14,15). The Morgan fingerprint density at radius 1 is 1.31 bits per heavy atom. The van der Waals surface area contributed by atoms with E-state index in [0.29, 0.717) is 12.0 Å². The van der Waals surface area contributed by atoms with Crippen LogP contribution in [0.3, 0.4) is 0 Å². The van der Waals surface area contributed by atoms with Crippen LogP contribution in [0.5, 0.6) is 0 Å². The molecular formula is C12H14O4. The van der Waals surface area contributed by atoms with Crippen LogP contribution in [0.15, 0.2) is 24.3 Å². The summed E-state index contributed by atoms with van der Waals surface area (Å²) in [4.78, 5) is 10.5. The van der Waals surface area contributed by atoms with Gasteiger partial charge in [0.2, 0.25) is 0 Å². The van der Waals surface area contributed by atoms with Crippen molar-refractivity contribution in [2.75, 3.05) is 0 Å². The summed E-state index contributed by atoms with van der Waals surface area (Å²) in [7, 11) is 0. The molecule has 3 N–H and O–H groups in total. The van der Waals surface area contributed by atoms with Crippen LogP contribution >= 0.6 is 0 Å². The van der Waals surface area contributed by atoms with Crippen molar-refractivity contribution in [3.8, 4) is 0 Å². The minimum absolute atomic E-state index is 0.360. The van der Waals surface area contributed by atoms with E-state index in [9.17, 15) is 15.0 Å². The average Bonchev–Trinajstić information content (AvgIpc) is 2.96. The van der Waals surface area contributed by atoms with E-state index in [1.807, 2.05) is 0 Å². The Labute approximate surface area is 93.2 Å². The maximum atomic E-state index is 10.5. The lowest BCUT2D eigenvalue weighted by molar-refractivity contribution is -0.146. The molecular weight excluding hydrogens is 208 g/mol. The second kappa shape index (κ2) is 3.88. The van der Waals surface area contributed by atoms with Gasteiger partial charge in [-0.1, -0.05) is 24.3 Å². The van der Waals surface area contributed by atoms with E-state index in [4.69, 9.17) is 5.11 Å². The van der Waals surface area contributed by atoms with Gasteiger partial charge in [-0.2, -0.15) is 0 Å². The monoisotopic (exact) mass is 222 g/mol. The van der Waals surface area contributed by atoms with Crippen molar-refractivity contribution < 1.29 is 20.1 Å². The van der Waals surface area contributed by atoms with Gasteiger partial charge in [0.25, 0.3) is 0 Å². The van der Waals surface area contributed by atoms with E-state index in [-0.39, 0.29) is 0 Å². The van der Waals surface area contributed by atoms with Gasteiger partial charge in [-0.3, -0.25) is 0 Å². The third kappa shape index (κ3) is 2.40. The van der Waals surface area contributed by atoms with Crippen molar-refractivity contribution in [1.82, 2.24) is 0 Å². The third-order valence-electron chi connectivity index (χ3n) is 2.89. The molecule has 0 bridgehead atoms. The molecule has 1 atom stereocenters. The zero-order valence-electron chi connectivity index (χ0n) is 8.76. The SMILES string of the molecule is O=C(O)C(O)c1ccc(CC2(O)CC2)cc1. The fourth-order valence-electron chi connectivity index (χ4n) is 1.66. The van der Waals surface area contributed by atoms with Gasteiger partial charge in [-0.05, 0) is 24.0 Å². The fraction of sp³-hybridized carbons (Fsp3) is 0.417. The number of carbonyl (C=O) groups is 1. The number of hydrogen-bond acceptors (Lipinski definition) is 3. The highest BCUT2D eigenvalue weighted by atomic mass is 16.4. The number of carboxylic acids is 1. The van der Waals surface area contributed by atoms with Crippen LogP contribution < -0.4 is 0 Å². The number of aliphatic carboxylic acids is 1. The summed E-state index contributed by atoms with van der Waals surface area (Å²) in [6.45, 7) is 0. The van der Waals surface area contributed by atoms with E-state index in [0.717, 1.165) is 18.4 Å². The van der Waals surface area contributed by atoms with E-state index in [1.165, 1.54) is 0 Å². The minimum atomic E-state index is -1.47. The molecule has 2 rings (SSSR count). The van der Waals surface area contributed by atoms with Crippen LogP contribution in [0.1, 0.15) is 30.1 Å². The molecule has 1 aromatic carbocycles. The smallest absolute Gasteiger partial charge is 0.337 e. The summed E-state index contributed by atoms with van der Waals surface area (Å²) in [5.74, 6) is -1.26. The van der Waals surface area contributed by atoms with Gasteiger partial charge in [0.15, 0.2) is 6.10 Å². The van der Waals surface area contributed by atoms with Gasteiger partial charge in [-0.15, -0.1) is 0 Å². The van der Waals surface area contributed by atoms with Gasteiger partial charge >= 0.3 is 5.97 Å². The highest BCUT2D eigenvalue weighted by Crippen LogP contribution is 2.38. The van der Waals surface area contributed by atoms with Crippen molar-refractivity contribution >= 4 is 5.97 Å². The number of aliphatic hydroxyl groups excluding tert-OH is 1. The molecule has 1 aliphatic rings. The topological polar surface area (TPSA) is 77.8 Å². The molecule has 1 aromatic rings. The number of aliphatic hydroxyl groups is 2. The van der Waals surface area contributed by atoms with Crippen LogP contribution in [-0.4, -0.2) is 26.9 Å². The van der Waals surface area contributed by atoms with E-state index in [2.05, 4.69) is 0 Å². The van der Waals surface area contributed by atoms with Crippen molar-refractivity contribution in [3.05, 3.63) is 35.4 Å². The molecule has 0 heterocycles. The Balaban J connectivity index is 2.07. The third-order valence-corrected chi connectivity index (χ3v) is 2.89. The first-order valence-corrected chi connectivity index (χ1v) is 5.22. The summed E-state index contributed by atoms with van der Waals surface area (Å²) in [5.41, 5.74) is 0.771. The fourth-order valence-corrected chi connectivity index (χ4v) is 1.66. The maximum absolute atomic E-state index is 10.5. The predicted octanol–water partition coefficient (Wildman–Crippen LogP) is 0.872. The molecule has 1 aliphatic carbocycles. The molecule has 0 saturated heterocycles. The first kappa shape index (κ1) is 11.1. The quantitative estimate of drug-likeness (QED) is 0.706. The van der Waals surface area contributed by atoms with Crippen LogP contribution in [0.2, 0.25) is 0 Å². The summed E-state index contributed by atoms with van der Waals surface area (Å²) < 4.78 is 0. The maximum Gasteiger partial charge on any atom is 0.337 e. The largest absolute Gasteiger partial charge is 0.479 e. The molecule has 4 heteroatoms. The highest BCUT2D eigenvalue weighted by molar-refractivity contribution is 5.73. The van der Waals surface area contributed by atoms with Gasteiger partial charge in [0, 0.05) is 6.42 Å². The summed E-state index contributed by atoms with van der Waals surface area (Å²) in [6.07, 6.45) is 0.771. The zero-order chi connectivity index (χ0) is 11.8. The minimum Gasteiger partial charge on any atom is -0.479 e. The highest BCUT2D eigenvalue weighted by Gasteiger charge is 2.40. The molecule has 0 aromatic heterocycles. The Hall–Kier alpha value is -1.39. The van der Waals surface area contributed by atoms with Crippen LogP contribution in [0.25, 0.3) is 0 Å². The Kier molecular flexibility index (Phi) is 2.69. The second-order valence-electron chi connectivity index (χ2n) is 4.38. The molecule has 86 valence electrons. The lowest BCUT2D eigenvalue weighted by atomic mass is 10.0. The van der Waals surface area contributed by atoms with Gasteiger partial charge in [0.05, 0.1) is 5.60 Å². The van der Waals surface area contributed by atoms with Crippen LogP contribution in [0, 0.1) is 0 Å². The lowest BCUT2D eigenvalue weighted by Crippen LogP contribution is -2.12. The Morgan fingerprint density at radius 3 is 2.31 bits per heavy atom. The Bertz CT molecular complexity index is 392. The van der Waals surface area contributed by atoms with Gasteiger partial charge in [-0.25, -0.2) is 4.79 Å². The summed E-state index contributed by atoms with van der Waals surface area (Å²) >= 11 is 0. The number of benzene rings is 1. The summed E-state index contributed by atoms with van der Waals surface area (Å²) in [5, 5.41) is 27.6. The average molecular weight is 222 g/mol. The summed E-state index contributed by atoms with van der Waals surface area (Å²) in [6, 6.07) is 6.66. The molecule has 1 unspecified atom stereocenters.